The van der Waals surface area contributed by atoms with Crippen LogP contribution in [0.4, 0.5) is 0 Å². The first-order valence-corrected chi connectivity index (χ1v) is 12.4. The molecule has 2 saturated heterocycles. The Morgan fingerprint density at radius 2 is 1.93 bits per heavy atom. The molecule has 30 heavy (non-hydrogen) atoms. The second-order valence-electron chi connectivity index (χ2n) is 7.90. The Morgan fingerprint density at radius 3 is 2.80 bits per heavy atom. The van der Waals surface area contributed by atoms with Crippen LogP contribution in [0.15, 0.2) is 53.4 Å². The first kappa shape index (κ1) is 20.0. The van der Waals surface area contributed by atoms with Crippen LogP contribution in [0.2, 0.25) is 0 Å². The lowest BCUT2D eigenvalue weighted by Crippen LogP contribution is -2.54. The van der Waals surface area contributed by atoms with E-state index in [9.17, 15) is 8.42 Å². The van der Waals surface area contributed by atoms with Crippen LogP contribution in [0.3, 0.4) is 0 Å². The fourth-order valence-corrected chi connectivity index (χ4v) is 6.73. The standard InChI is InChI=1S/C21H24N4O3S2/c26-30(27,20-8-4-7-18-21(20)23-29-22-18)25-10-9-17-15-28-12-11-24(19(17)14-25)13-16-5-2-1-3-6-16/h1-8,17,19H,9-15H2/t17-,19-/m1/s1. The van der Waals surface area contributed by atoms with Crippen LogP contribution in [0.25, 0.3) is 11.0 Å². The van der Waals surface area contributed by atoms with Gasteiger partial charge in [0.1, 0.15) is 15.9 Å². The summed E-state index contributed by atoms with van der Waals surface area (Å²) >= 11 is 1.04. The summed E-state index contributed by atoms with van der Waals surface area (Å²) in [5.41, 5.74) is 2.33. The van der Waals surface area contributed by atoms with Crippen molar-refractivity contribution in [3.63, 3.8) is 0 Å². The molecule has 0 bridgehead atoms. The minimum atomic E-state index is -3.65. The average Bonchev–Trinajstić information content (AvgIpc) is 3.17. The number of aromatic nitrogens is 2. The van der Waals surface area contributed by atoms with Crippen molar-refractivity contribution in [2.45, 2.75) is 23.9 Å². The predicted octanol–water partition coefficient (Wildman–Crippen LogP) is 2.60. The summed E-state index contributed by atoms with van der Waals surface area (Å²) in [7, 11) is -3.65. The fraction of sp³-hybridized carbons (Fsp3) is 0.429. The van der Waals surface area contributed by atoms with E-state index in [0.29, 0.717) is 43.3 Å². The molecule has 158 valence electrons. The molecule has 2 fully saturated rings. The summed E-state index contributed by atoms with van der Waals surface area (Å²) in [5.74, 6) is 0.333. The lowest BCUT2D eigenvalue weighted by atomic mass is 9.92. The number of hydrogen-bond acceptors (Lipinski definition) is 7. The summed E-state index contributed by atoms with van der Waals surface area (Å²) in [6.45, 7) is 3.93. The number of ether oxygens (including phenoxy) is 1. The molecule has 2 aliphatic rings. The molecule has 3 heterocycles. The van der Waals surface area contributed by atoms with E-state index in [4.69, 9.17) is 4.74 Å². The fourth-order valence-electron chi connectivity index (χ4n) is 4.50. The molecule has 7 nitrogen and oxygen atoms in total. The highest BCUT2D eigenvalue weighted by Gasteiger charge is 2.40. The van der Waals surface area contributed by atoms with Gasteiger partial charge in [-0.3, -0.25) is 4.90 Å². The summed E-state index contributed by atoms with van der Waals surface area (Å²) in [4.78, 5) is 2.64. The van der Waals surface area contributed by atoms with E-state index in [-0.39, 0.29) is 10.9 Å². The maximum atomic E-state index is 13.5. The molecule has 0 amide bonds. The molecule has 9 heteroatoms. The maximum absolute atomic E-state index is 13.5. The molecule has 3 aromatic rings. The SMILES string of the molecule is O=S(=O)(c1cccc2nsnc12)N1CC[C@@H]2COCCN(Cc3ccccc3)[C@@H]2C1. The van der Waals surface area contributed by atoms with Crippen molar-refractivity contribution < 1.29 is 13.2 Å². The second kappa shape index (κ2) is 8.32. The first-order chi connectivity index (χ1) is 14.6. The van der Waals surface area contributed by atoms with E-state index in [0.717, 1.165) is 31.2 Å². The second-order valence-corrected chi connectivity index (χ2v) is 10.3. The van der Waals surface area contributed by atoms with Crippen molar-refractivity contribution in [2.75, 3.05) is 32.8 Å². The Kier molecular flexibility index (Phi) is 5.55. The smallest absolute Gasteiger partial charge is 0.245 e. The van der Waals surface area contributed by atoms with Crippen molar-refractivity contribution in [3.05, 3.63) is 54.1 Å². The Hall–Kier alpha value is -1.91. The van der Waals surface area contributed by atoms with Crippen molar-refractivity contribution in [3.8, 4) is 0 Å². The van der Waals surface area contributed by atoms with Crippen molar-refractivity contribution in [1.29, 1.82) is 0 Å². The van der Waals surface area contributed by atoms with Gasteiger partial charge in [-0.25, -0.2) is 8.42 Å². The van der Waals surface area contributed by atoms with Gasteiger partial charge in [0.15, 0.2) is 0 Å². The van der Waals surface area contributed by atoms with Crippen LogP contribution in [0.1, 0.15) is 12.0 Å². The molecule has 1 aromatic heterocycles. The van der Waals surface area contributed by atoms with Gasteiger partial charge >= 0.3 is 0 Å². The van der Waals surface area contributed by atoms with Gasteiger partial charge in [0.05, 0.1) is 24.9 Å². The number of sulfonamides is 1. The van der Waals surface area contributed by atoms with Crippen LogP contribution in [0.5, 0.6) is 0 Å². The third kappa shape index (κ3) is 3.76. The Balaban J connectivity index is 1.43. The van der Waals surface area contributed by atoms with Crippen molar-refractivity contribution >= 4 is 32.8 Å². The molecule has 0 saturated carbocycles. The van der Waals surface area contributed by atoms with E-state index in [2.05, 4.69) is 25.8 Å². The lowest BCUT2D eigenvalue weighted by molar-refractivity contribution is 0.0767. The van der Waals surface area contributed by atoms with Crippen LogP contribution >= 0.6 is 11.7 Å². The minimum Gasteiger partial charge on any atom is -0.380 e. The van der Waals surface area contributed by atoms with E-state index < -0.39 is 10.0 Å². The van der Waals surface area contributed by atoms with E-state index in [1.807, 2.05) is 18.2 Å². The zero-order valence-corrected chi connectivity index (χ0v) is 18.2. The zero-order valence-electron chi connectivity index (χ0n) is 16.6. The first-order valence-electron chi connectivity index (χ1n) is 10.2. The molecular formula is C21H24N4O3S2. The highest BCUT2D eigenvalue weighted by Crippen LogP contribution is 2.31. The van der Waals surface area contributed by atoms with Crippen LogP contribution < -0.4 is 0 Å². The van der Waals surface area contributed by atoms with Gasteiger partial charge in [0.2, 0.25) is 10.0 Å². The third-order valence-electron chi connectivity index (χ3n) is 6.10. The van der Waals surface area contributed by atoms with Gasteiger partial charge in [0, 0.05) is 38.1 Å². The van der Waals surface area contributed by atoms with Crippen molar-refractivity contribution in [1.82, 2.24) is 18.0 Å². The molecule has 0 N–H and O–H groups in total. The topological polar surface area (TPSA) is 75.6 Å². The highest BCUT2D eigenvalue weighted by molar-refractivity contribution is 7.89. The Bertz CT molecular complexity index is 1120. The minimum absolute atomic E-state index is 0.129. The summed E-state index contributed by atoms with van der Waals surface area (Å²) in [6.07, 6.45) is 0.792. The van der Waals surface area contributed by atoms with Crippen LogP contribution in [0, 0.1) is 5.92 Å². The van der Waals surface area contributed by atoms with Gasteiger partial charge in [-0.05, 0) is 24.1 Å². The molecule has 0 aliphatic carbocycles. The largest absolute Gasteiger partial charge is 0.380 e. The maximum Gasteiger partial charge on any atom is 0.245 e. The van der Waals surface area contributed by atoms with E-state index in [1.165, 1.54) is 5.56 Å². The predicted molar refractivity (Wildman–Crippen MR) is 116 cm³/mol. The number of nitrogens with zero attached hydrogens (tertiary/aromatic N) is 4. The summed E-state index contributed by atoms with van der Waals surface area (Å²) in [5, 5.41) is 0. The average molecular weight is 445 g/mol. The molecule has 2 aromatic carbocycles. The lowest BCUT2D eigenvalue weighted by Gasteiger charge is -2.41. The number of benzene rings is 2. The number of rotatable bonds is 4. The highest BCUT2D eigenvalue weighted by atomic mass is 32.2. The number of piperidine rings is 1. The van der Waals surface area contributed by atoms with Crippen LogP contribution in [-0.4, -0.2) is 65.3 Å². The van der Waals surface area contributed by atoms with Gasteiger partial charge in [-0.2, -0.15) is 13.1 Å². The van der Waals surface area contributed by atoms with Crippen molar-refractivity contribution in [2.24, 2.45) is 5.92 Å². The number of fused-ring (bicyclic) bond motifs is 2. The molecular weight excluding hydrogens is 420 g/mol. The summed E-state index contributed by atoms with van der Waals surface area (Å²) in [6, 6.07) is 15.6. The molecule has 0 unspecified atom stereocenters. The Morgan fingerprint density at radius 1 is 1.07 bits per heavy atom. The zero-order chi connectivity index (χ0) is 20.6. The summed E-state index contributed by atoms with van der Waals surface area (Å²) < 4.78 is 43.0. The molecule has 2 atom stereocenters. The van der Waals surface area contributed by atoms with E-state index in [1.54, 1.807) is 22.5 Å². The van der Waals surface area contributed by atoms with Gasteiger partial charge in [-0.15, -0.1) is 0 Å². The van der Waals surface area contributed by atoms with Gasteiger partial charge < -0.3 is 4.74 Å². The van der Waals surface area contributed by atoms with Gasteiger partial charge in [0.25, 0.3) is 0 Å². The number of hydrogen-bond donors (Lipinski definition) is 0. The van der Waals surface area contributed by atoms with Gasteiger partial charge in [-0.1, -0.05) is 36.4 Å². The third-order valence-corrected chi connectivity index (χ3v) is 8.54. The molecule has 0 radical (unpaired) electrons. The monoisotopic (exact) mass is 444 g/mol. The van der Waals surface area contributed by atoms with Crippen LogP contribution in [-0.2, 0) is 21.3 Å². The molecule has 5 rings (SSSR count). The molecule has 2 aliphatic heterocycles. The molecule has 0 spiro atoms. The normalized spacial score (nSPS) is 23.9. The van der Waals surface area contributed by atoms with E-state index >= 15 is 0 Å². The quantitative estimate of drug-likeness (QED) is 0.616. The Labute approximate surface area is 180 Å².